The molecule has 2 aromatic rings. The van der Waals surface area contributed by atoms with Crippen LogP contribution in [0.1, 0.15) is 40.0 Å². The third-order valence-corrected chi connectivity index (χ3v) is 6.73. The summed E-state index contributed by atoms with van der Waals surface area (Å²) in [5.41, 5.74) is 0.926. The average molecular weight is 433 g/mol. The first kappa shape index (κ1) is 20.2. The van der Waals surface area contributed by atoms with E-state index in [-0.39, 0.29) is 41.1 Å². The maximum Gasteiger partial charge on any atom is 0.338 e. The van der Waals surface area contributed by atoms with Crippen molar-refractivity contribution in [3.8, 4) is 0 Å². The summed E-state index contributed by atoms with van der Waals surface area (Å²) >= 11 is 12.2. The second kappa shape index (κ2) is 8.34. The molecule has 4 unspecified atom stereocenters. The summed E-state index contributed by atoms with van der Waals surface area (Å²) in [7, 11) is 2.05. The highest BCUT2D eigenvalue weighted by molar-refractivity contribution is 6.43. The van der Waals surface area contributed by atoms with Crippen LogP contribution < -0.4 is 5.32 Å². The van der Waals surface area contributed by atoms with Gasteiger partial charge in [-0.3, -0.25) is 9.69 Å². The van der Waals surface area contributed by atoms with Gasteiger partial charge in [0.15, 0.2) is 0 Å². The highest BCUT2D eigenvalue weighted by atomic mass is 35.5. The van der Waals surface area contributed by atoms with Crippen molar-refractivity contribution in [1.82, 2.24) is 10.2 Å². The molecule has 0 aliphatic carbocycles. The molecule has 7 heteroatoms. The predicted octanol–water partition coefficient (Wildman–Crippen LogP) is 4.18. The zero-order valence-corrected chi connectivity index (χ0v) is 17.5. The summed E-state index contributed by atoms with van der Waals surface area (Å²) in [6, 6.07) is 14.4. The summed E-state index contributed by atoms with van der Waals surface area (Å²) in [4.78, 5) is 27.4. The van der Waals surface area contributed by atoms with Gasteiger partial charge in [-0.2, -0.15) is 0 Å². The summed E-state index contributed by atoms with van der Waals surface area (Å²) in [5, 5.41) is 3.70. The van der Waals surface area contributed by atoms with Crippen LogP contribution >= 0.6 is 23.2 Å². The molecule has 1 N–H and O–H groups in total. The molecule has 4 atom stereocenters. The van der Waals surface area contributed by atoms with Crippen LogP contribution in [-0.2, 0) is 4.74 Å². The quantitative estimate of drug-likeness (QED) is 0.735. The smallest absolute Gasteiger partial charge is 0.338 e. The second-order valence-electron chi connectivity index (χ2n) is 7.68. The van der Waals surface area contributed by atoms with Gasteiger partial charge in [0, 0.05) is 24.5 Å². The highest BCUT2D eigenvalue weighted by Crippen LogP contribution is 2.37. The van der Waals surface area contributed by atoms with Crippen LogP contribution in [0.25, 0.3) is 0 Å². The fourth-order valence-electron chi connectivity index (χ4n) is 4.39. The number of carbonyl (C=O) groups excluding carboxylic acids is 2. The fraction of sp³-hybridized carbons (Fsp3) is 0.364. The van der Waals surface area contributed by atoms with Gasteiger partial charge in [-0.1, -0.05) is 47.5 Å². The molecule has 2 saturated heterocycles. The molecule has 152 valence electrons. The van der Waals surface area contributed by atoms with Crippen LogP contribution in [0.4, 0.5) is 0 Å². The zero-order chi connectivity index (χ0) is 20.5. The number of likely N-dealkylation sites (N-methyl/N-ethyl adjacent to an activating group) is 1. The van der Waals surface area contributed by atoms with Crippen LogP contribution in [0.3, 0.4) is 0 Å². The summed E-state index contributed by atoms with van der Waals surface area (Å²) in [6.45, 7) is 0. The van der Waals surface area contributed by atoms with Crippen LogP contribution in [0.2, 0.25) is 10.0 Å². The van der Waals surface area contributed by atoms with Crippen LogP contribution in [-0.4, -0.2) is 48.1 Å². The minimum Gasteiger partial charge on any atom is -0.457 e. The van der Waals surface area contributed by atoms with E-state index in [1.807, 2.05) is 18.2 Å². The summed E-state index contributed by atoms with van der Waals surface area (Å²) in [6.07, 6.45) is 2.10. The first-order valence-electron chi connectivity index (χ1n) is 9.67. The number of halogens is 2. The number of esters is 1. The van der Waals surface area contributed by atoms with Gasteiger partial charge < -0.3 is 10.1 Å². The van der Waals surface area contributed by atoms with E-state index in [0.717, 1.165) is 12.8 Å². The maximum absolute atomic E-state index is 12.7. The largest absolute Gasteiger partial charge is 0.457 e. The number of hydrogen-bond acceptors (Lipinski definition) is 4. The topological polar surface area (TPSA) is 58.6 Å². The van der Waals surface area contributed by atoms with Crippen LogP contribution in [0.5, 0.6) is 0 Å². The molecule has 2 bridgehead atoms. The van der Waals surface area contributed by atoms with Gasteiger partial charge in [0.1, 0.15) is 6.10 Å². The zero-order valence-electron chi connectivity index (χ0n) is 16.0. The van der Waals surface area contributed by atoms with Gasteiger partial charge in [0.25, 0.3) is 5.91 Å². The fourth-order valence-corrected chi connectivity index (χ4v) is 4.77. The van der Waals surface area contributed by atoms with Gasteiger partial charge in [-0.05, 0) is 44.2 Å². The van der Waals surface area contributed by atoms with E-state index in [1.54, 1.807) is 30.3 Å². The van der Waals surface area contributed by atoms with Crippen LogP contribution in [0.15, 0.2) is 48.5 Å². The van der Waals surface area contributed by atoms with E-state index in [4.69, 9.17) is 27.9 Å². The first-order valence-corrected chi connectivity index (χ1v) is 10.4. The molecule has 5 nitrogen and oxygen atoms in total. The summed E-state index contributed by atoms with van der Waals surface area (Å²) in [5.74, 6) is -0.535. The highest BCUT2D eigenvalue weighted by Gasteiger charge is 2.47. The predicted molar refractivity (Wildman–Crippen MR) is 113 cm³/mol. The Morgan fingerprint density at radius 2 is 1.79 bits per heavy atom. The van der Waals surface area contributed by atoms with E-state index in [0.29, 0.717) is 22.6 Å². The monoisotopic (exact) mass is 432 g/mol. The number of fused-ring (bicyclic) bond motifs is 2. The number of rotatable bonds is 4. The van der Waals surface area contributed by atoms with Crippen molar-refractivity contribution in [3.63, 3.8) is 0 Å². The lowest BCUT2D eigenvalue weighted by Gasteiger charge is -2.37. The van der Waals surface area contributed by atoms with Crippen molar-refractivity contribution < 1.29 is 14.3 Å². The Kier molecular flexibility index (Phi) is 5.81. The Balaban J connectivity index is 1.42. The van der Waals surface area contributed by atoms with Gasteiger partial charge in [0.05, 0.1) is 21.2 Å². The third kappa shape index (κ3) is 4.13. The molecule has 0 spiro atoms. The standard InChI is InChI=1S/C22H22Cl2N2O3/c1-26-15-10-14(25-21(27)16-8-5-9-17(23)20(16)24)11-18(26)19(12-15)29-22(28)13-6-3-2-4-7-13/h2-9,14-15,18-19H,10-12H2,1H3,(H,25,27). The average Bonchev–Trinajstić information content (AvgIpc) is 2.88. The number of piperidine rings is 1. The Labute approximate surface area is 179 Å². The first-order chi connectivity index (χ1) is 13.9. The molecule has 2 heterocycles. The Hall–Kier alpha value is -2.08. The number of ether oxygens (including phenoxy) is 1. The maximum atomic E-state index is 12.7. The van der Waals surface area contributed by atoms with Crippen molar-refractivity contribution in [2.24, 2.45) is 0 Å². The Bertz CT molecular complexity index is 922. The van der Waals surface area contributed by atoms with E-state index >= 15 is 0 Å². The van der Waals surface area contributed by atoms with Crippen LogP contribution in [0, 0.1) is 0 Å². The van der Waals surface area contributed by atoms with Gasteiger partial charge in [-0.15, -0.1) is 0 Å². The lowest BCUT2D eigenvalue weighted by Crippen LogP contribution is -2.50. The number of carbonyl (C=O) groups is 2. The van der Waals surface area contributed by atoms with Crippen molar-refractivity contribution in [3.05, 3.63) is 69.7 Å². The van der Waals surface area contributed by atoms with E-state index in [2.05, 4.69) is 17.3 Å². The number of nitrogens with zero attached hydrogens (tertiary/aromatic N) is 1. The molecule has 0 radical (unpaired) electrons. The molecule has 2 aliphatic rings. The Morgan fingerprint density at radius 1 is 1.03 bits per heavy atom. The summed E-state index contributed by atoms with van der Waals surface area (Å²) < 4.78 is 5.82. The minimum atomic E-state index is -0.303. The van der Waals surface area contributed by atoms with Gasteiger partial charge >= 0.3 is 5.97 Å². The molecular formula is C22H22Cl2N2O3. The lowest BCUT2D eigenvalue weighted by atomic mass is 9.97. The molecule has 0 saturated carbocycles. The van der Waals surface area contributed by atoms with Gasteiger partial charge in [0.2, 0.25) is 0 Å². The molecule has 29 heavy (non-hydrogen) atoms. The third-order valence-electron chi connectivity index (χ3n) is 5.91. The molecule has 1 amide bonds. The van der Waals surface area contributed by atoms with Crippen molar-refractivity contribution in [2.45, 2.75) is 43.5 Å². The molecule has 0 aromatic heterocycles. The van der Waals surface area contributed by atoms with E-state index < -0.39 is 0 Å². The number of benzene rings is 2. The normalized spacial score (nSPS) is 26.2. The minimum absolute atomic E-state index is 0.0100. The molecular weight excluding hydrogens is 411 g/mol. The van der Waals surface area contributed by atoms with E-state index in [1.165, 1.54) is 0 Å². The van der Waals surface area contributed by atoms with E-state index in [9.17, 15) is 9.59 Å². The second-order valence-corrected chi connectivity index (χ2v) is 8.46. The molecule has 4 rings (SSSR count). The van der Waals surface area contributed by atoms with Crippen molar-refractivity contribution in [2.75, 3.05) is 7.05 Å². The number of nitrogens with one attached hydrogen (secondary N) is 1. The molecule has 2 aromatic carbocycles. The molecule has 2 fully saturated rings. The van der Waals surface area contributed by atoms with Crippen molar-refractivity contribution in [1.29, 1.82) is 0 Å². The van der Waals surface area contributed by atoms with Crippen molar-refractivity contribution >= 4 is 35.1 Å². The Morgan fingerprint density at radius 3 is 2.55 bits per heavy atom. The number of hydrogen-bond donors (Lipinski definition) is 1. The SMILES string of the molecule is CN1C2CC(NC(=O)c3cccc(Cl)c3Cl)CC1C(OC(=O)c1ccccc1)C2. The van der Waals surface area contributed by atoms with Gasteiger partial charge in [-0.25, -0.2) is 4.79 Å². The number of amides is 1. The lowest BCUT2D eigenvalue weighted by molar-refractivity contribution is 0.0177. The molecule has 2 aliphatic heterocycles.